The van der Waals surface area contributed by atoms with Gasteiger partial charge in [-0.1, -0.05) is 30.3 Å². The van der Waals surface area contributed by atoms with Crippen molar-refractivity contribution in [2.24, 2.45) is 0 Å². The Bertz CT molecular complexity index is 1380. The number of nitriles is 1. The Morgan fingerprint density at radius 2 is 1.88 bits per heavy atom. The van der Waals surface area contributed by atoms with Gasteiger partial charge in [-0.05, 0) is 43.3 Å². The SMILES string of the molecule is COc1ccccc1CN1Cc2cc(NS(=O)(=O)c3ccccc3C#N)ccc2OC(C)C1=O. The molecule has 174 valence electrons. The maximum Gasteiger partial charge on any atom is 0.263 e. The number of hydrogen-bond donors (Lipinski definition) is 1. The number of sulfonamides is 1. The van der Waals surface area contributed by atoms with Crippen LogP contribution in [-0.4, -0.2) is 32.4 Å². The molecule has 1 N–H and O–H groups in total. The highest BCUT2D eigenvalue weighted by Gasteiger charge is 2.29. The zero-order chi connectivity index (χ0) is 24.3. The molecule has 34 heavy (non-hydrogen) atoms. The number of fused-ring (bicyclic) bond motifs is 1. The summed E-state index contributed by atoms with van der Waals surface area (Å²) in [5, 5.41) is 9.27. The highest BCUT2D eigenvalue weighted by molar-refractivity contribution is 7.92. The molecule has 0 saturated heterocycles. The summed E-state index contributed by atoms with van der Waals surface area (Å²) in [6, 6.07) is 20.2. The Morgan fingerprint density at radius 1 is 1.15 bits per heavy atom. The number of nitrogens with one attached hydrogen (secondary N) is 1. The summed E-state index contributed by atoms with van der Waals surface area (Å²) in [7, 11) is -2.42. The average Bonchev–Trinajstić information content (AvgIpc) is 2.95. The number of amides is 1. The third-order valence-corrected chi connectivity index (χ3v) is 6.93. The van der Waals surface area contributed by atoms with Gasteiger partial charge in [0.1, 0.15) is 22.5 Å². The van der Waals surface area contributed by atoms with Crippen molar-refractivity contribution in [3.8, 4) is 17.6 Å². The fraction of sp³-hybridized carbons (Fsp3) is 0.200. The van der Waals surface area contributed by atoms with Gasteiger partial charge in [-0.25, -0.2) is 8.42 Å². The summed E-state index contributed by atoms with van der Waals surface area (Å²) in [5.74, 6) is 0.988. The van der Waals surface area contributed by atoms with Crippen LogP contribution in [0.2, 0.25) is 0 Å². The fourth-order valence-corrected chi connectivity index (χ4v) is 5.05. The highest BCUT2D eigenvalue weighted by Crippen LogP contribution is 2.31. The minimum absolute atomic E-state index is 0.0514. The molecule has 1 aliphatic heterocycles. The van der Waals surface area contributed by atoms with Crippen LogP contribution in [0.25, 0.3) is 0 Å². The first-order chi connectivity index (χ1) is 16.3. The number of benzene rings is 3. The molecule has 0 aromatic heterocycles. The monoisotopic (exact) mass is 477 g/mol. The molecule has 0 saturated carbocycles. The number of carbonyl (C=O) groups is 1. The van der Waals surface area contributed by atoms with Gasteiger partial charge in [0.2, 0.25) is 0 Å². The number of para-hydroxylation sites is 1. The van der Waals surface area contributed by atoms with Crippen molar-refractivity contribution in [2.75, 3.05) is 11.8 Å². The Morgan fingerprint density at radius 3 is 2.65 bits per heavy atom. The van der Waals surface area contributed by atoms with Crippen molar-refractivity contribution in [1.29, 1.82) is 5.26 Å². The van der Waals surface area contributed by atoms with Gasteiger partial charge < -0.3 is 14.4 Å². The van der Waals surface area contributed by atoms with Gasteiger partial charge in [-0.15, -0.1) is 0 Å². The van der Waals surface area contributed by atoms with Gasteiger partial charge in [0.15, 0.2) is 6.10 Å². The van der Waals surface area contributed by atoms with E-state index in [0.29, 0.717) is 29.3 Å². The first-order valence-electron chi connectivity index (χ1n) is 10.5. The zero-order valence-electron chi connectivity index (χ0n) is 18.7. The summed E-state index contributed by atoms with van der Waals surface area (Å²) >= 11 is 0. The number of methoxy groups -OCH3 is 1. The molecular weight excluding hydrogens is 454 g/mol. The van der Waals surface area contributed by atoms with Crippen molar-refractivity contribution >= 4 is 21.6 Å². The van der Waals surface area contributed by atoms with Gasteiger partial charge in [0, 0.05) is 29.9 Å². The van der Waals surface area contributed by atoms with E-state index < -0.39 is 16.1 Å². The smallest absolute Gasteiger partial charge is 0.263 e. The predicted octanol–water partition coefficient (Wildman–Crippen LogP) is 3.68. The molecule has 0 fully saturated rings. The van der Waals surface area contributed by atoms with Crippen LogP contribution in [-0.2, 0) is 27.9 Å². The van der Waals surface area contributed by atoms with Crippen LogP contribution in [0.15, 0.2) is 71.6 Å². The van der Waals surface area contributed by atoms with E-state index in [1.165, 1.54) is 12.1 Å². The van der Waals surface area contributed by atoms with Crippen LogP contribution < -0.4 is 14.2 Å². The molecule has 1 aliphatic rings. The lowest BCUT2D eigenvalue weighted by Gasteiger charge is -2.23. The quantitative estimate of drug-likeness (QED) is 0.580. The molecule has 4 rings (SSSR count). The highest BCUT2D eigenvalue weighted by atomic mass is 32.2. The summed E-state index contributed by atoms with van der Waals surface area (Å²) in [5.41, 5.74) is 1.85. The Hall–Kier alpha value is -4.03. The normalized spacial score (nSPS) is 15.5. The van der Waals surface area contributed by atoms with E-state index in [1.54, 1.807) is 49.3 Å². The maximum absolute atomic E-state index is 13.0. The number of rotatable bonds is 6. The van der Waals surface area contributed by atoms with Crippen LogP contribution in [0.1, 0.15) is 23.6 Å². The topological polar surface area (TPSA) is 109 Å². The Kier molecular flexibility index (Phi) is 6.43. The molecule has 0 bridgehead atoms. The number of nitrogens with zero attached hydrogens (tertiary/aromatic N) is 2. The minimum Gasteiger partial charge on any atom is -0.496 e. The molecule has 1 heterocycles. The van der Waals surface area contributed by atoms with Gasteiger partial charge in [0.25, 0.3) is 15.9 Å². The van der Waals surface area contributed by atoms with E-state index in [0.717, 1.165) is 5.56 Å². The Labute approximate surface area is 198 Å². The lowest BCUT2D eigenvalue weighted by Crippen LogP contribution is -2.37. The molecule has 0 spiro atoms. The van der Waals surface area contributed by atoms with E-state index in [-0.39, 0.29) is 22.9 Å². The molecular formula is C25H23N3O5S. The summed E-state index contributed by atoms with van der Waals surface area (Å²) in [6.45, 7) is 2.21. The van der Waals surface area contributed by atoms with Crippen LogP contribution in [0.4, 0.5) is 5.69 Å². The molecule has 1 amide bonds. The number of carbonyl (C=O) groups excluding carboxylic acids is 1. The molecule has 8 nitrogen and oxygen atoms in total. The summed E-state index contributed by atoms with van der Waals surface area (Å²) in [6.07, 6.45) is -0.707. The summed E-state index contributed by atoms with van der Waals surface area (Å²) in [4.78, 5) is 14.5. The van der Waals surface area contributed by atoms with E-state index in [4.69, 9.17) is 9.47 Å². The predicted molar refractivity (Wildman–Crippen MR) is 126 cm³/mol. The first-order valence-corrected chi connectivity index (χ1v) is 12.0. The van der Waals surface area contributed by atoms with E-state index in [1.807, 2.05) is 30.3 Å². The minimum atomic E-state index is -3.99. The third-order valence-electron chi connectivity index (χ3n) is 5.49. The lowest BCUT2D eigenvalue weighted by atomic mass is 10.1. The fourth-order valence-electron chi connectivity index (χ4n) is 3.84. The first kappa shape index (κ1) is 23.1. The standard InChI is InChI=1S/C25H23N3O5S/c1-17-25(29)28(15-19-8-3-5-9-22(19)32-2)16-20-13-21(11-12-23(20)33-17)27-34(30,31)24-10-6-4-7-18(24)14-26/h3-13,17,27H,15-16H2,1-2H3. The maximum atomic E-state index is 13.0. The zero-order valence-corrected chi connectivity index (χ0v) is 19.5. The Balaban J connectivity index is 1.64. The van der Waals surface area contributed by atoms with Gasteiger partial charge in [-0.3, -0.25) is 9.52 Å². The van der Waals surface area contributed by atoms with Crippen molar-refractivity contribution < 1.29 is 22.7 Å². The van der Waals surface area contributed by atoms with Crippen molar-refractivity contribution in [3.05, 3.63) is 83.4 Å². The molecule has 0 aliphatic carbocycles. The molecule has 3 aromatic rings. The van der Waals surface area contributed by atoms with Gasteiger partial charge in [-0.2, -0.15) is 5.26 Å². The third kappa shape index (κ3) is 4.67. The lowest BCUT2D eigenvalue weighted by molar-refractivity contribution is -0.138. The molecule has 0 radical (unpaired) electrons. The van der Waals surface area contributed by atoms with Crippen molar-refractivity contribution in [1.82, 2.24) is 4.90 Å². The van der Waals surface area contributed by atoms with E-state index in [9.17, 15) is 18.5 Å². The van der Waals surface area contributed by atoms with Crippen LogP contribution >= 0.6 is 0 Å². The second-order valence-electron chi connectivity index (χ2n) is 7.80. The van der Waals surface area contributed by atoms with Gasteiger partial charge >= 0.3 is 0 Å². The van der Waals surface area contributed by atoms with Crippen molar-refractivity contribution in [3.63, 3.8) is 0 Å². The molecule has 1 unspecified atom stereocenters. The van der Waals surface area contributed by atoms with E-state index in [2.05, 4.69) is 4.72 Å². The average molecular weight is 478 g/mol. The number of ether oxygens (including phenoxy) is 2. The number of hydrogen-bond acceptors (Lipinski definition) is 6. The molecule has 3 aromatic carbocycles. The van der Waals surface area contributed by atoms with Crippen LogP contribution in [0, 0.1) is 11.3 Å². The second kappa shape index (κ2) is 9.45. The number of anilines is 1. The summed E-state index contributed by atoms with van der Waals surface area (Å²) < 4.78 is 39.7. The van der Waals surface area contributed by atoms with Gasteiger partial charge in [0.05, 0.1) is 12.7 Å². The van der Waals surface area contributed by atoms with Crippen molar-refractivity contribution in [2.45, 2.75) is 31.0 Å². The second-order valence-corrected chi connectivity index (χ2v) is 9.45. The van der Waals surface area contributed by atoms with E-state index >= 15 is 0 Å². The van der Waals surface area contributed by atoms with Crippen LogP contribution in [0.3, 0.4) is 0 Å². The molecule has 9 heteroatoms. The largest absolute Gasteiger partial charge is 0.496 e. The van der Waals surface area contributed by atoms with Crippen LogP contribution in [0.5, 0.6) is 11.5 Å². The molecule has 1 atom stereocenters.